The first kappa shape index (κ1) is 19.0. The lowest BCUT2D eigenvalue weighted by atomic mass is 10.2. The van der Waals surface area contributed by atoms with Crippen molar-refractivity contribution < 1.29 is 19.2 Å². The number of nitrogens with one attached hydrogen (secondary N) is 2. The van der Waals surface area contributed by atoms with Crippen LogP contribution < -0.4 is 20.1 Å². The van der Waals surface area contributed by atoms with Crippen LogP contribution in [0.1, 0.15) is 12.8 Å². The van der Waals surface area contributed by atoms with Crippen molar-refractivity contribution in [1.29, 1.82) is 0 Å². The number of nitro groups is 1. The number of benzene rings is 1. The zero-order chi connectivity index (χ0) is 15.9. The van der Waals surface area contributed by atoms with Crippen LogP contribution in [0.15, 0.2) is 18.2 Å². The van der Waals surface area contributed by atoms with Crippen molar-refractivity contribution in [3.8, 4) is 11.5 Å². The molecule has 1 fully saturated rings. The van der Waals surface area contributed by atoms with Crippen molar-refractivity contribution in [3.05, 3.63) is 28.3 Å². The summed E-state index contributed by atoms with van der Waals surface area (Å²) < 4.78 is 10.3. The van der Waals surface area contributed by atoms with Gasteiger partial charge in [0.25, 0.3) is 5.91 Å². The molecule has 1 aromatic carbocycles. The summed E-state index contributed by atoms with van der Waals surface area (Å²) in [7, 11) is 1.34. The number of amides is 1. The van der Waals surface area contributed by atoms with Gasteiger partial charge in [0, 0.05) is 24.7 Å². The minimum Gasteiger partial charge on any atom is -0.490 e. The molecule has 0 radical (unpaired) electrons. The normalized spacial score (nSPS) is 16.3. The van der Waals surface area contributed by atoms with Crippen LogP contribution in [0.3, 0.4) is 0 Å². The molecule has 1 saturated heterocycles. The quantitative estimate of drug-likeness (QED) is 0.570. The number of carbonyl (C=O) groups is 1. The van der Waals surface area contributed by atoms with Crippen molar-refractivity contribution in [1.82, 2.24) is 10.6 Å². The van der Waals surface area contributed by atoms with Crippen LogP contribution in [0.2, 0.25) is 0 Å². The highest BCUT2D eigenvalue weighted by molar-refractivity contribution is 5.85. The van der Waals surface area contributed by atoms with E-state index in [1.54, 1.807) is 0 Å². The van der Waals surface area contributed by atoms with Crippen LogP contribution in [0.4, 0.5) is 5.69 Å². The van der Waals surface area contributed by atoms with E-state index in [9.17, 15) is 14.9 Å². The van der Waals surface area contributed by atoms with E-state index >= 15 is 0 Å². The molecule has 0 aliphatic carbocycles. The third-order valence-electron chi connectivity index (χ3n) is 3.43. The molecular weight excluding hydrogens is 326 g/mol. The van der Waals surface area contributed by atoms with E-state index in [1.165, 1.54) is 25.3 Å². The standard InChI is InChI=1S/C14H19N3O5.ClH/c1-21-13-7-11(4-5-12(13)17(19)20)22-9-14(18)16-8-10-3-2-6-15-10;/h4-5,7,10,15H,2-3,6,8-9H2,1H3,(H,16,18);1H. The molecule has 1 aliphatic rings. The van der Waals surface area contributed by atoms with Gasteiger partial charge in [0.2, 0.25) is 5.75 Å². The molecule has 23 heavy (non-hydrogen) atoms. The van der Waals surface area contributed by atoms with Crippen LogP contribution in [-0.4, -0.2) is 43.7 Å². The number of hydrogen-bond donors (Lipinski definition) is 2. The van der Waals surface area contributed by atoms with Gasteiger partial charge in [-0.3, -0.25) is 14.9 Å². The first-order valence-corrected chi connectivity index (χ1v) is 7.05. The molecule has 1 atom stereocenters. The van der Waals surface area contributed by atoms with Gasteiger partial charge in [0.15, 0.2) is 6.61 Å². The van der Waals surface area contributed by atoms with Gasteiger partial charge in [0.05, 0.1) is 12.0 Å². The smallest absolute Gasteiger partial charge is 0.311 e. The van der Waals surface area contributed by atoms with Crippen molar-refractivity contribution in [3.63, 3.8) is 0 Å². The van der Waals surface area contributed by atoms with Crippen LogP contribution >= 0.6 is 12.4 Å². The van der Waals surface area contributed by atoms with E-state index in [-0.39, 0.29) is 36.4 Å². The Morgan fingerprint density at radius 2 is 2.30 bits per heavy atom. The monoisotopic (exact) mass is 345 g/mol. The Bertz CT molecular complexity index is 549. The van der Waals surface area contributed by atoms with Crippen molar-refractivity contribution in [2.45, 2.75) is 18.9 Å². The fraction of sp³-hybridized carbons (Fsp3) is 0.500. The predicted octanol–water partition coefficient (Wildman–Crippen LogP) is 1.27. The highest BCUT2D eigenvalue weighted by Crippen LogP contribution is 2.30. The summed E-state index contributed by atoms with van der Waals surface area (Å²) in [6.07, 6.45) is 2.18. The number of halogens is 1. The third kappa shape index (κ3) is 5.57. The Morgan fingerprint density at radius 1 is 1.52 bits per heavy atom. The number of nitrogens with zero attached hydrogens (tertiary/aromatic N) is 1. The number of ether oxygens (including phenoxy) is 2. The van der Waals surface area contributed by atoms with Gasteiger partial charge < -0.3 is 20.1 Å². The topological polar surface area (TPSA) is 103 Å². The molecule has 8 nitrogen and oxygen atoms in total. The summed E-state index contributed by atoms with van der Waals surface area (Å²) in [4.78, 5) is 21.9. The van der Waals surface area contributed by atoms with E-state index in [4.69, 9.17) is 9.47 Å². The minimum atomic E-state index is -0.538. The van der Waals surface area contributed by atoms with Crippen LogP contribution in [0.5, 0.6) is 11.5 Å². The van der Waals surface area contributed by atoms with Crippen LogP contribution in [-0.2, 0) is 4.79 Å². The maximum atomic E-state index is 11.7. The minimum absolute atomic E-state index is 0. The van der Waals surface area contributed by atoms with Gasteiger partial charge in [0.1, 0.15) is 5.75 Å². The van der Waals surface area contributed by atoms with Gasteiger partial charge in [-0.2, -0.15) is 0 Å². The van der Waals surface area contributed by atoms with Gasteiger partial charge in [-0.05, 0) is 25.5 Å². The largest absolute Gasteiger partial charge is 0.490 e. The van der Waals surface area contributed by atoms with Crippen LogP contribution in [0.25, 0.3) is 0 Å². The highest BCUT2D eigenvalue weighted by Gasteiger charge is 2.17. The molecule has 1 aliphatic heterocycles. The second-order valence-electron chi connectivity index (χ2n) is 4.98. The average Bonchev–Trinajstić information content (AvgIpc) is 3.03. The molecule has 9 heteroatoms. The Morgan fingerprint density at radius 3 is 2.91 bits per heavy atom. The predicted molar refractivity (Wildman–Crippen MR) is 86.4 cm³/mol. The lowest BCUT2D eigenvalue weighted by Gasteiger charge is -2.12. The number of rotatable bonds is 7. The van der Waals surface area contributed by atoms with E-state index < -0.39 is 4.92 Å². The molecule has 2 rings (SSSR count). The zero-order valence-electron chi connectivity index (χ0n) is 12.7. The molecule has 1 heterocycles. The first-order chi connectivity index (χ1) is 10.6. The van der Waals surface area contributed by atoms with Gasteiger partial charge in [-0.25, -0.2) is 0 Å². The van der Waals surface area contributed by atoms with Gasteiger partial charge in [-0.1, -0.05) is 0 Å². The summed E-state index contributed by atoms with van der Waals surface area (Å²) in [5.41, 5.74) is -0.147. The van der Waals surface area contributed by atoms with Gasteiger partial charge in [-0.15, -0.1) is 12.4 Å². The first-order valence-electron chi connectivity index (χ1n) is 7.05. The number of nitro benzene ring substituents is 1. The lowest BCUT2D eigenvalue weighted by molar-refractivity contribution is -0.385. The van der Waals surface area contributed by atoms with Crippen LogP contribution in [0, 0.1) is 10.1 Å². The Balaban J connectivity index is 0.00000264. The van der Waals surface area contributed by atoms with Crippen molar-refractivity contribution in [2.24, 2.45) is 0 Å². The van der Waals surface area contributed by atoms with Crippen molar-refractivity contribution >= 4 is 24.0 Å². The number of carbonyl (C=O) groups excluding carboxylic acids is 1. The van der Waals surface area contributed by atoms with Gasteiger partial charge >= 0.3 is 5.69 Å². The summed E-state index contributed by atoms with van der Waals surface area (Å²) in [6, 6.07) is 4.44. The Labute approximate surface area is 140 Å². The highest BCUT2D eigenvalue weighted by atomic mass is 35.5. The molecule has 0 saturated carbocycles. The van der Waals surface area contributed by atoms with E-state index in [2.05, 4.69) is 10.6 Å². The van der Waals surface area contributed by atoms with E-state index in [0.717, 1.165) is 19.4 Å². The fourth-order valence-electron chi connectivity index (χ4n) is 2.27. The molecule has 1 amide bonds. The molecule has 128 valence electrons. The molecule has 0 spiro atoms. The Kier molecular flexibility index (Phi) is 7.56. The maximum absolute atomic E-state index is 11.7. The maximum Gasteiger partial charge on any atom is 0.311 e. The molecule has 0 bridgehead atoms. The summed E-state index contributed by atoms with van der Waals surface area (Å²) >= 11 is 0. The average molecular weight is 346 g/mol. The fourth-order valence-corrected chi connectivity index (χ4v) is 2.27. The summed E-state index contributed by atoms with van der Waals surface area (Å²) in [5.74, 6) is 0.209. The second-order valence-corrected chi connectivity index (χ2v) is 4.98. The molecular formula is C14H20ClN3O5. The third-order valence-corrected chi connectivity index (χ3v) is 3.43. The molecule has 0 aromatic heterocycles. The summed E-state index contributed by atoms with van der Waals surface area (Å²) in [6.45, 7) is 1.42. The van der Waals surface area contributed by atoms with E-state index in [1.807, 2.05) is 0 Å². The second kappa shape index (κ2) is 9.16. The SMILES string of the molecule is COc1cc(OCC(=O)NCC2CCCN2)ccc1[N+](=O)[O-].Cl. The number of methoxy groups -OCH3 is 1. The molecule has 1 aromatic rings. The molecule has 2 N–H and O–H groups in total. The Hall–Kier alpha value is -2.06. The van der Waals surface area contributed by atoms with Crippen molar-refractivity contribution in [2.75, 3.05) is 26.8 Å². The number of hydrogen-bond acceptors (Lipinski definition) is 6. The zero-order valence-corrected chi connectivity index (χ0v) is 13.6. The molecule has 1 unspecified atom stereocenters. The lowest BCUT2D eigenvalue weighted by Crippen LogP contribution is -2.39. The summed E-state index contributed by atoms with van der Waals surface area (Å²) in [5, 5.41) is 16.9. The van der Waals surface area contributed by atoms with E-state index in [0.29, 0.717) is 18.3 Å².